The van der Waals surface area contributed by atoms with E-state index in [1.54, 1.807) is 10.9 Å². The number of benzene rings is 1. The summed E-state index contributed by atoms with van der Waals surface area (Å²) in [4.78, 5) is 0. The van der Waals surface area contributed by atoms with Crippen LogP contribution in [-0.4, -0.2) is 40.4 Å². The van der Waals surface area contributed by atoms with Gasteiger partial charge in [-0.25, -0.2) is 4.68 Å². The first-order valence-electron chi connectivity index (χ1n) is 8.59. The van der Waals surface area contributed by atoms with Crippen LogP contribution < -0.4 is 10.7 Å². The van der Waals surface area contributed by atoms with E-state index in [0.717, 1.165) is 36.3 Å². The van der Waals surface area contributed by atoms with Gasteiger partial charge in [-0.2, -0.15) is 10.2 Å². The molecule has 0 radical (unpaired) electrons. The van der Waals surface area contributed by atoms with Gasteiger partial charge in [0.25, 0.3) is 0 Å². The average molecular weight is 392 g/mol. The van der Waals surface area contributed by atoms with Crippen molar-refractivity contribution in [3.63, 3.8) is 0 Å². The molecule has 138 valence electrons. The molecule has 0 aliphatic carbocycles. The summed E-state index contributed by atoms with van der Waals surface area (Å²) in [6.45, 7) is 4.04. The number of nitrogens with zero attached hydrogens (tertiary/aromatic N) is 3. The van der Waals surface area contributed by atoms with Crippen molar-refractivity contribution >= 4 is 35.1 Å². The topological polar surface area (TPSA) is 63.5 Å². The molecule has 8 heteroatoms. The lowest BCUT2D eigenvalue weighted by molar-refractivity contribution is 0.114. The molecule has 1 aliphatic rings. The Hall–Kier alpha value is -1.96. The predicted octanol–water partition coefficient (Wildman–Crippen LogP) is 2.87. The average Bonchev–Trinajstić information content (AvgIpc) is 3.25. The maximum absolute atomic E-state index is 6.46. The largest absolute Gasteiger partial charge is 0.376 e. The fourth-order valence-corrected chi connectivity index (χ4v) is 3.20. The molecular weight excluding hydrogens is 370 g/mol. The zero-order chi connectivity index (χ0) is 18.4. The number of aromatic nitrogens is 2. The maximum Gasteiger partial charge on any atom is 0.187 e. The van der Waals surface area contributed by atoms with E-state index in [9.17, 15) is 0 Å². The fraction of sp³-hybridized carbons (Fsp3) is 0.389. The molecule has 6 nitrogen and oxygen atoms in total. The molecule has 1 aromatic heterocycles. The number of thiocarbonyl (C=S) groups is 1. The number of nitrogens with one attached hydrogen (secondary N) is 2. The SMILES string of the molecule is Cc1nn(Cc2ccccc2)c(Cl)c1/C=N/NC(=S)NCC1CCCO1. The number of aryl methyl sites for hydroxylation is 1. The summed E-state index contributed by atoms with van der Waals surface area (Å²) in [6, 6.07) is 10.1. The van der Waals surface area contributed by atoms with Gasteiger partial charge in [0, 0.05) is 13.2 Å². The van der Waals surface area contributed by atoms with Gasteiger partial charge in [0.1, 0.15) is 5.15 Å². The van der Waals surface area contributed by atoms with E-state index < -0.39 is 0 Å². The van der Waals surface area contributed by atoms with Crippen LogP contribution in [0.5, 0.6) is 0 Å². The molecule has 1 saturated heterocycles. The van der Waals surface area contributed by atoms with Gasteiger partial charge in [0.05, 0.1) is 30.1 Å². The van der Waals surface area contributed by atoms with Gasteiger partial charge in [0.2, 0.25) is 0 Å². The van der Waals surface area contributed by atoms with Crippen molar-refractivity contribution in [2.45, 2.75) is 32.4 Å². The zero-order valence-corrected chi connectivity index (χ0v) is 16.2. The molecule has 1 aliphatic heterocycles. The van der Waals surface area contributed by atoms with Crippen LogP contribution in [-0.2, 0) is 11.3 Å². The quantitative estimate of drug-likeness (QED) is 0.450. The highest BCUT2D eigenvalue weighted by Gasteiger charge is 2.15. The lowest BCUT2D eigenvalue weighted by atomic mass is 10.2. The molecule has 2 aromatic rings. The van der Waals surface area contributed by atoms with Gasteiger partial charge < -0.3 is 10.1 Å². The van der Waals surface area contributed by atoms with Crippen molar-refractivity contribution in [2.75, 3.05) is 13.2 Å². The van der Waals surface area contributed by atoms with Gasteiger partial charge in [-0.15, -0.1) is 0 Å². The third-order valence-electron chi connectivity index (χ3n) is 4.16. The van der Waals surface area contributed by atoms with E-state index in [-0.39, 0.29) is 6.10 Å². The smallest absolute Gasteiger partial charge is 0.187 e. The second-order valence-corrected chi connectivity index (χ2v) is 6.91. The normalized spacial score (nSPS) is 16.9. The Kier molecular flexibility index (Phi) is 6.60. The van der Waals surface area contributed by atoms with Crippen LogP contribution in [0.25, 0.3) is 0 Å². The van der Waals surface area contributed by atoms with Gasteiger partial charge in [-0.05, 0) is 37.5 Å². The number of hydrazone groups is 1. The van der Waals surface area contributed by atoms with Crippen LogP contribution in [0.2, 0.25) is 5.15 Å². The lowest BCUT2D eigenvalue weighted by Gasteiger charge is -2.11. The molecule has 0 spiro atoms. The number of ether oxygens (including phenoxy) is 1. The van der Waals surface area contributed by atoms with Crippen molar-refractivity contribution in [1.29, 1.82) is 0 Å². The van der Waals surface area contributed by atoms with E-state index >= 15 is 0 Å². The second-order valence-electron chi connectivity index (χ2n) is 6.15. The number of hydrogen-bond acceptors (Lipinski definition) is 4. The van der Waals surface area contributed by atoms with E-state index in [2.05, 4.69) is 20.9 Å². The second kappa shape index (κ2) is 9.12. The molecule has 26 heavy (non-hydrogen) atoms. The van der Waals surface area contributed by atoms with E-state index in [1.165, 1.54) is 0 Å². The Labute approximate surface area is 163 Å². The third-order valence-corrected chi connectivity index (χ3v) is 4.79. The standard InChI is InChI=1S/C18H22ClN5OS/c1-13-16(11-21-22-18(26)20-10-15-8-5-9-25-15)17(19)24(23-13)12-14-6-3-2-4-7-14/h2-4,6-7,11,15H,5,8-10,12H2,1H3,(H2,20,22,26)/b21-11+. The molecule has 1 aromatic carbocycles. The van der Waals surface area contributed by atoms with Gasteiger partial charge in [-0.1, -0.05) is 41.9 Å². The number of hydrogen-bond donors (Lipinski definition) is 2. The van der Waals surface area contributed by atoms with E-state index in [0.29, 0.717) is 23.4 Å². The first-order valence-corrected chi connectivity index (χ1v) is 9.37. The third kappa shape index (κ3) is 5.03. The van der Waals surface area contributed by atoms with E-state index in [4.69, 9.17) is 28.6 Å². The minimum Gasteiger partial charge on any atom is -0.376 e. The summed E-state index contributed by atoms with van der Waals surface area (Å²) in [5.74, 6) is 0. The minimum absolute atomic E-state index is 0.228. The highest BCUT2D eigenvalue weighted by molar-refractivity contribution is 7.80. The molecule has 2 heterocycles. The Morgan fingerprint density at radius 2 is 2.27 bits per heavy atom. The van der Waals surface area contributed by atoms with Crippen molar-refractivity contribution in [3.8, 4) is 0 Å². The van der Waals surface area contributed by atoms with Gasteiger partial charge in [0.15, 0.2) is 5.11 Å². The highest BCUT2D eigenvalue weighted by Crippen LogP contribution is 2.19. The number of halogens is 1. The molecule has 2 N–H and O–H groups in total. The van der Waals surface area contributed by atoms with Crippen molar-refractivity contribution in [1.82, 2.24) is 20.5 Å². The fourth-order valence-electron chi connectivity index (χ4n) is 2.78. The Morgan fingerprint density at radius 1 is 1.46 bits per heavy atom. The molecule has 0 amide bonds. The lowest BCUT2D eigenvalue weighted by Crippen LogP contribution is -2.37. The highest BCUT2D eigenvalue weighted by atomic mass is 35.5. The summed E-state index contributed by atoms with van der Waals surface area (Å²) in [6.07, 6.45) is 4.04. The minimum atomic E-state index is 0.228. The molecule has 0 bridgehead atoms. The molecule has 3 rings (SSSR count). The van der Waals surface area contributed by atoms with Crippen LogP contribution in [0, 0.1) is 6.92 Å². The monoisotopic (exact) mass is 391 g/mol. The predicted molar refractivity (Wildman–Crippen MR) is 108 cm³/mol. The van der Waals surface area contributed by atoms with Gasteiger partial charge >= 0.3 is 0 Å². The molecule has 1 unspecified atom stereocenters. The van der Waals surface area contributed by atoms with Crippen LogP contribution in [0.1, 0.15) is 29.7 Å². The van der Waals surface area contributed by atoms with E-state index in [1.807, 2.05) is 37.3 Å². The van der Waals surface area contributed by atoms with Crippen LogP contribution in [0.4, 0.5) is 0 Å². The first kappa shape index (κ1) is 18.8. The summed E-state index contributed by atoms with van der Waals surface area (Å²) in [5.41, 5.74) is 5.53. The molecule has 0 saturated carbocycles. The Bertz CT molecular complexity index is 771. The number of rotatable bonds is 6. The molecular formula is C18H22ClN5OS. The summed E-state index contributed by atoms with van der Waals surface area (Å²) >= 11 is 11.7. The summed E-state index contributed by atoms with van der Waals surface area (Å²) in [5, 5.41) is 12.8. The molecule has 1 atom stereocenters. The van der Waals surface area contributed by atoms with Crippen molar-refractivity contribution < 1.29 is 4.74 Å². The van der Waals surface area contributed by atoms with Crippen LogP contribution in [0.15, 0.2) is 35.4 Å². The van der Waals surface area contributed by atoms with Crippen LogP contribution >= 0.6 is 23.8 Å². The van der Waals surface area contributed by atoms with Gasteiger partial charge in [-0.3, -0.25) is 5.43 Å². The molecule has 1 fully saturated rings. The van der Waals surface area contributed by atoms with Crippen molar-refractivity contribution in [2.24, 2.45) is 5.10 Å². The van der Waals surface area contributed by atoms with Crippen molar-refractivity contribution in [3.05, 3.63) is 52.3 Å². The first-order chi connectivity index (χ1) is 12.6. The Morgan fingerprint density at radius 3 is 3.00 bits per heavy atom. The summed E-state index contributed by atoms with van der Waals surface area (Å²) in [7, 11) is 0. The Balaban J connectivity index is 1.55. The zero-order valence-electron chi connectivity index (χ0n) is 14.6. The van der Waals surface area contributed by atoms with Crippen LogP contribution in [0.3, 0.4) is 0 Å². The maximum atomic E-state index is 6.46. The summed E-state index contributed by atoms with van der Waals surface area (Å²) < 4.78 is 7.31.